The van der Waals surface area contributed by atoms with Crippen molar-refractivity contribution in [2.45, 2.75) is 0 Å². The molecule has 1 aliphatic rings. The van der Waals surface area contributed by atoms with E-state index in [0.29, 0.717) is 16.4 Å². The maximum absolute atomic E-state index is 12.7. The van der Waals surface area contributed by atoms with Crippen LogP contribution in [-0.2, 0) is 0 Å². The molecule has 0 atom stereocenters. The van der Waals surface area contributed by atoms with Crippen molar-refractivity contribution in [3.05, 3.63) is 54.1 Å². The lowest BCUT2D eigenvalue weighted by molar-refractivity contribution is 0.0664. The predicted octanol–water partition coefficient (Wildman–Crippen LogP) is 3.29. The molecule has 0 saturated carbocycles. The minimum absolute atomic E-state index is 0.0291. The number of piperazine rings is 1. The summed E-state index contributed by atoms with van der Waals surface area (Å²) in [5, 5.41) is 3.07. The first-order valence-electron chi connectivity index (χ1n) is 9.01. The van der Waals surface area contributed by atoms with Crippen molar-refractivity contribution in [2.75, 3.05) is 38.5 Å². The lowest BCUT2D eigenvalue weighted by Crippen LogP contribution is -2.47. The van der Waals surface area contributed by atoms with Gasteiger partial charge < -0.3 is 14.5 Å². The summed E-state index contributed by atoms with van der Waals surface area (Å²) >= 11 is 1.31. The highest BCUT2D eigenvalue weighted by atomic mass is 32.1. The van der Waals surface area contributed by atoms with Crippen LogP contribution in [0.3, 0.4) is 0 Å². The molecule has 8 heteroatoms. The Hall–Kier alpha value is -2.97. The summed E-state index contributed by atoms with van der Waals surface area (Å²) < 4.78 is 6.06. The molecule has 1 fully saturated rings. The Morgan fingerprint density at radius 3 is 2.57 bits per heavy atom. The number of anilines is 1. The van der Waals surface area contributed by atoms with Gasteiger partial charge >= 0.3 is 6.09 Å². The van der Waals surface area contributed by atoms with Gasteiger partial charge in [0.25, 0.3) is 5.91 Å². The van der Waals surface area contributed by atoms with E-state index in [0.717, 1.165) is 36.4 Å². The van der Waals surface area contributed by atoms with E-state index in [2.05, 4.69) is 22.2 Å². The molecule has 0 spiro atoms. The molecule has 0 radical (unpaired) electrons. The number of likely N-dealkylation sites (N-methyl/N-ethyl adjacent to an activating group) is 1. The maximum atomic E-state index is 12.7. The Bertz CT molecular complexity index is 997. The Labute approximate surface area is 166 Å². The van der Waals surface area contributed by atoms with Crippen LogP contribution >= 0.6 is 11.3 Å². The van der Waals surface area contributed by atoms with Crippen LogP contribution in [0.2, 0.25) is 0 Å². The summed E-state index contributed by atoms with van der Waals surface area (Å²) in [5.41, 5.74) is 1.37. The van der Waals surface area contributed by atoms with Gasteiger partial charge in [-0.3, -0.25) is 10.1 Å². The Balaban J connectivity index is 1.45. The molecule has 2 aromatic carbocycles. The van der Waals surface area contributed by atoms with Gasteiger partial charge in [0, 0.05) is 31.7 Å². The quantitative estimate of drug-likeness (QED) is 0.735. The third-order valence-electron chi connectivity index (χ3n) is 4.59. The molecule has 3 aromatic rings. The number of hydrogen-bond donors (Lipinski definition) is 1. The van der Waals surface area contributed by atoms with Crippen LogP contribution in [0, 0.1) is 0 Å². The van der Waals surface area contributed by atoms with Crippen LogP contribution in [0.1, 0.15) is 10.4 Å². The molecule has 144 valence electrons. The van der Waals surface area contributed by atoms with Crippen LogP contribution in [0.4, 0.5) is 9.93 Å². The van der Waals surface area contributed by atoms with Crippen molar-refractivity contribution in [1.82, 2.24) is 14.8 Å². The number of nitrogens with one attached hydrogen (secondary N) is 1. The fraction of sp³-hybridized carbons (Fsp3) is 0.250. The van der Waals surface area contributed by atoms with Crippen molar-refractivity contribution < 1.29 is 14.3 Å². The van der Waals surface area contributed by atoms with Gasteiger partial charge in [0.1, 0.15) is 5.75 Å². The van der Waals surface area contributed by atoms with E-state index in [9.17, 15) is 9.59 Å². The molecule has 2 amide bonds. The zero-order valence-corrected chi connectivity index (χ0v) is 16.2. The van der Waals surface area contributed by atoms with Gasteiger partial charge in [-0.2, -0.15) is 0 Å². The Morgan fingerprint density at radius 2 is 1.82 bits per heavy atom. The number of amides is 2. The number of para-hydroxylation sites is 1. The summed E-state index contributed by atoms with van der Waals surface area (Å²) in [6.07, 6.45) is -0.598. The number of fused-ring (bicyclic) bond motifs is 1. The monoisotopic (exact) mass is 396 g/mol. The number of carbonyl (C=O) groups is 2. The van der Waals surface area contributed by atoms with Crippen LogP contribution in [0.5, 0.6) is 5.75 Å². The summed E-state index contributed by atoms with van der Waals surface area (Å²) in [6.45, 7) is 3.22. The standard InChI is InChI=1S/C20H20N4O3S/c1-23-9-11-24(12-10-23)18(25)14-7-8-16-17(13-14)28-19(21-16)22-20(26)27-15-5-3-2-4-6-15/h2-8,13H,9-12H2,1H3,(H,21,22,26). The molecular formula is C20H20N4O3S. The van der Waals surface area contributed by atoms with E-state index in [4.69, 9.17) is 4.74 Å². The van der Waals surface area contributed by atoms with Crippen molar-refractivity contribution in [3.8, 4) is 5.75 Å². The summed E-state index contributed by atoms with van der Waals surface area (Å²) in [5.74, 6) is 0.488. The molecule has 2 heterocycles. The highest BCUT2D eigenvalue weighted by Gasteiger charge is 2.21. The minimum Gasteiger partial charge on any atom is -0.410 e. The van der Waals surface area contributed by atoms with Crippen molar-refractivity contribution in [2.24, 2.45) is 0 Å². The zero-order valence-electron chi connectivity index (χ0n) is 15.4. The van der Waals surface area contributed by atoms with E-state index in [-0.39, 0.29) is 5.91 Å². The second kappa shape index (κ2) is 7.95. The fourth-order valence-electron chi connectivity index (χ4n) is 3.01. The van der Waals surface area contributed by atoms with Gasteiger partial charge in [0.15, 0.2) is 5.13 Å². The lowest BCUT2D eigenvalue weighted by atomic mass is 10.1. The number of aromatic nitrogens is 1. The molecular weight excluding hydrogens is 376 g/mol. The van der Waals surface area contributed by atoms with Gasteiger partial charge in [-0.05, 0) is 37.4 Å². The van der Waals surface area contributed by atoms with Crippen LogP contribution in [-0.4, -0.2) is 60.0 Å². The average Bonchev–Trinajstić information content (AvgIpc) is 3.10. The fourth-order valence-corrected chi connectivity index (χ4v) is 3.90. The molecule has 0 unspecified atom stereocenters. The smallest absolute Gasteiger partial charge is 0.410 e. The van der Waals surface area contributed by atoms with Gasteiger partial charge in [0.05, 0.1) is 10.2 Å². The number of benzene rings is 2. The summed E-state index contributed by atoms with van der Waals surface area (Å²) in [7, 11) is 2.06. The number of thiazole rings is 1. The van der Waals surface area contributed by atoms with Crippen molar-refractivity contribution >= 4 is 38.7 Å². The number of rotatable bonds is 3. The molecule has 28 heavy (non-hydrogen) atoms. The first kappa shape index (κ1) is 18.4. The van der Waals surface area contributed by atoms with E-state index >= 15 is 0 Å². The molecule has 1 aliphatic heterocycles. The number of ether oxygens (including phenoxy) is 1. The SMILES string of the molecule is CN1CCN(C(=O)c2ccc3nc(NC(=O)Oc4ccccc4)sc3c2)CC1. The van der Waals surface area contributed by atoms with Gasteiger partial charge in [0.2, 0.25) is 0 Å². The first-order chi connectivity index (χ1) is 13.6. The van der Waals surface area contributed by atoms with Gasteiger partial charge in [-0.15, -0.1) is 0 Å². The van der Waals surface area contributed by atoms with Crippen LogP contribution in [0.25, 0.3) is 10.2 Å². The van der Waals surface area contributed by atoms with Gasteiger partial charge in [-0.25, -0.2) is 9.78 Å². The number of carbonyl (C=O) groups excluding carboxylic acids is 2. The normalized spacial score (nSPS) is 14.8. The molecule has 1 aromatic heterocycles. The van der Waals surface area contributed by atoms with Crippen molar-refractivity contribution in [1.29, 1.82) is 0 Å². The van der Waals surface area contributed by atoms with E-state index in [1.54, 1.807) is 30.3 Å². The highest BCUT2D eigenvalue weighted by Crippen LogP contribution is 2.27. The predicted molar refractivity (Wildman–Crippen MR) is 109 cm³/mol. The zero-order chi connectivity index (χ0) is 19.5. The molecule has 4 rings (SSSR count). The largest absolute Gasteiger partial charge is 0.418 e. The third kappa shape index (κ3) is 4.13. The summed E-state index contributed by atoms with van der Waals surface area (Å²) in [4.78, 5) is 33.3. The number of hydrogen-bond acceptors (Lipinski definition) is 6. The van der Waals surface area contributed by atoms with Crippen LogP contribution in [0.15, 0.2) is 48.5 Å². The first-order valence-corrected chi connectivity index (χ1v) is 9.82. The lowest BCUT2D eigenvalue weighted by Gasteiger charge is -2.32. The minimum atomic E-state index is -0.598. The van der Waals surface area contributed by atoms with Gasteiger partial charge in [-0.1, -0.05) is 29.5 Å². The second-order valence-electron chi connectivity index (χ2n) is 6.62. The molecule has 1 N–H and O–H groups in total. The average molecular weight is 396 g/mol. The topological polar surface area (TPSA) is 74.8 Å². The third-order valence-corrected chi connectivity index (χ3v) is 5.52. The Kier molecular flexibility index (Phi) is 5.23. The van der Waals surface area contributed by atoms with E-state index in [1.807, 2.05) is 23.1 Å². The van der Waals surface area contributed by atoms with E-state index < -0.39 is 6.09 Å². The van der Waals surface area contributed by atoms with Crippen LogP contribution < -0.4 is 10.1 Å². The molecule has 0 bridgehead atoms. The van der Waals surface area contributed by atoms with Crippen molar-refractivity contribution in [3.63, 3.8) is 0 Å². The molecule has 1 saturated heterocycles. The summed E-state index contributed by atoms with van der Waals surface area (Å²) in [6, 6.07) is 14.3. The Morgan fingerprint density at radius 1 is 1.07 bits per heavy atom. The number of nitrogens with zero attached hydrogens (tertiary/aromatic N) is 3. The molecule has 7 nitrogen and oxygen atoms in total. The highest BCUT2D eigenvalue weighted by molar-refractivity contribution is 7.22. The van der Waals surface area contributed by atoms with E-state index in [1.165, 1.54) is 11.3 Å². The molecule has 0 aliphatic carbocycles. The maximum Gasteiger partial charge on any atom is 0.418 e. The second-order valence-corrected chi connectivity index (χ2v) is 7.66.